The Morgan fingerprint density at radius 3 is 2.74 bits per heavy atom. The second kappa shape index (κ2) is 7.56. The van der Waals surface area contributed by atoms with Gasteiger partial charge in [0.05, 0.1) is 23.1 Å². The predicted molar refractivity (Wildman–Crippen MR) is 98.1 cm³/mol. The number of carbonyl (C=O) groups is 2. The predicted octanol–water partition coefficient (Wildman–Crippen LogP) is 3.56. The van der Waals surface area contributed by atoms with E-state index < -0.39 is 16.9 Å². The first-order valence-electron chi connectivity index (χ1n) is 8.73. The van der Waals surface area contributed by atoms with E-state index in [4.69, 9.17) is 16.3 Å². The highest BCUT2D eigenvalue weighted by atomic mass is 35.5. The van der Waals surface area contributed by atoms with Crippen LogP contribution in [0.25, 0.3) is 0 Å². The van der Waals surface area contributed by atoms with Crippen molar-refractivity contribution in [1.82, 2.24) is 10.2 Å². The van der Waals surface area contributed by atoms with E-state index in [-0.39, 0.29) is 28.9 Å². The quantitative estimate of drug-likeness (QED) is 0.452. The number of nitro benzene ring substituents is 1. The number of allylic oxidation sites excluding steroid dienone is 1. The summed E-state index contributed by atoms with van der Waals surface area (Å²) in [5.74, 6) is -0.124. The first-order valence-corrected chi connectivity index (χ1v) is 9.11. The highest BCUT2D eigenvalue weighted by molar-refractivity contribution is 6.32. The van der Waals surface area contributed by atoms with Gasteiger partial charge in [0.2, 0.25) is 0 Å². The second-order valence-electron chi connectivity index (χ2n) is 6.62. The minimum absolute atomic E-state index is 0.0142. The number of hydrogen-bond donors (Lipinski definition) is 1. The molecule has 0 spiro atoms. The molecule has 9 heteroatoms. The lowest BCUT2D eigenvalue weighted by Crippen LogP contribution is -2.48. The van der Waals surface area contributed by atoms with Gasteiger partial charge >= 0.3 is 12.0 Å². The van der Waals surface area contributed by atoms with Crippen LogP contribution in [0.5, 0.6) is 0 Å². The zero-order chi connectivity index (χ0) is 19.7. The number of nitrogens with zero attached hydrogens (tertiary/aromatic N) is 2. The van der Waals surface area contributed by atoms with Crippen LogP contribution in [-0.2, 0) is 9.53 Å². The van der Waals surface area contributed by atoms with Crippen LogP contribution in [0.2, 0.25) is 5.02 Å². The molecule has 1 saturated carbocycles. The third-order valence-corrected chi connectivity index (χ3v) is 5.05. The van der Waals surface area contributed by atoms with Gasteiger partial charge in [-0.3, -0.25) is 15.0 Å². The van der Waals surface area contributed by atoms with Gasteiger partial charge in [0.1, 0.15) is 5.02 Å². The van der Waals surface area contributed by atoms with Gasteiger partial charge in [0.25, 0.3) is 5.69 Å². The Morgan fingerprint density at radius 1 is 1.44 bits per heavy atom. The molecule has 0 saturated heterocycles. The van der Waals surface area contributed by atoms with E-state index in [1.165, 1.54) is 12.1 Å². The third-order valence-electron chi connectivity index (χ3n) is 4.73. The van der Waals surface area contributed by atoms with Crippen LogP contribution < -0.4 is 5.32 Å². The fraction of sp³-hybridized carbons (Fsp3) is 0.444. The number of halogens is 1. The highest BCUT2D eigenvalue weighted by Crippen LogP contribution is 2.37. The topological polar surface area (TPSA) is 102 Å². The summed E-state index contributed by atoms with van der Waals surface area (Å²) >= 11 is 5.88. The normalized spacial score (nSPS) is 19.7. The summed E-state index contributed by atoms with van der Waals surface area (Å²) in [6, 6.07) is 3.04. The van der Waals surface area contributed by atoms with Crippen molar-refractivity contribution in [2.75, 3.05) is 13.2 Å². The molecule has 1 atom stereocenters. The van der Waals surface area contributed by atoms with Crippen molar-refractivity contribution in [2.45, 2.75) is 32.7 Å². The van der Waals surface area contributed by atoms with Gasteiger partial charge in [0.15, 0.2) is 0 Å². The van der Waals surface area contributed by atoms with E-state index in [0.29, 0.717) is 23.7 Å². The van der Waals surface area contributed by atoms with Crippen molar-refractivity contribution < 1.29 is 19.2 Å². The van der Waals surface area contributed by atoms with Crippen molar-refractivity contribution in [3.05, 3.63) is 50.2 Å². The number of nitro groups is 1. The van der Waals surface area contributed by atoms with Crippen molar-refractivity contribution in [3.8, 4) is 0 Å². The van der Waals surface area contributed by atoms with Crippen molar-refractivity contribution in [1.29, 1.82) is 0 Å². The summed E-state index contributed by atoms with van der Waals surface area (Å²) in [4.78, 5) is 37.4. The number of carbonyl (C=O) groups excluding carboxylic acids is 2. The van der Waals surface area contributed by atoms with Crippen LogP contribution in [0, 0.1) is 16.0 Å². The lowest BCUT2D eigenvalue weighted by molar-refractivity contribution is -0.384. The smallest absolute Gasteiger partial charge is 0.338 e. The minimum atomic E-state index is -0.844. The van der Waals surface area contributed by atoms with Gasteiger partial charge in [0, 0.05) is 18.3 Å². The Kier molecular flexibility index (Phi) is 5.36. The number of esters is 1. The largest absolute Gasteiger partial charge is 0.463 e. The minimum Gasteiger partial charge on any atom is -0.463 e. The molecule has 1 aromatic rings. The summed E-state index contributed by atoms with van der Waals surface area (Å²) in [5.41, 5.74) is 0.887. The van der Waals surface area contributed by atoms with Crippen molar-refractivity contribution in [3.63, 3.8) is 0 Å². The van der Waals surface area contributed by atoms with E-state index in [2.05, 4.69) is 5.32 Å². The average Bonchev–Trinajstić information content (AvgIpc) is 3.42. The number of rotatable bonds is 6. The van der Waals surface area contributed by atoms with E-state index in [9.17, 15) is 19.7 Å². The summed E-state index contributed by atoms with van der Waals surface area (Å²) in [7, 11) is 0. The lowest BCUT2D eigenvalue weighted by atomic mass is 9.94. The molecule has 1 aliphatic carbocycles. The maximum Gasteiger partial charge on any atom is 0.338 e. The third kappa shape index (κ3) is 3.90. The number of urea groups is 1. The molecule has 1 aromatic carbocycles. The molecule has 2 amide bonds. The van der Waals surface area contributed by atoms with Gasteiger partial charge < -0.3 is 10.1 Å². The van der Waals surface area contributed by atoms with Crippen LogP contribution >= 0.6 is 11.6 Å². The number of benzene rings is 1. The second-order valence-corrected chi connectivity index (χ2v) is 7.03. The summed E-state index contributed by atoms with van der Waals surface area (Å²) in [5, 5.41) is 14.0. The van der Waals surface area contributed by atoms with Gasteiger partial charge in [-0.2, -0.15) is 0 Å². The molecule has 0 aromatic heterocycles. The number of hydrogen-bond acceptors (Lipinski definition) is 5. The molecule has 0 radical (unpaired) electrons. The molecule has 1 heterocycles. The number of nitrogens with one attached hydrogen (secondary N) is 1. The SMILES string of the molecule is CCOC(=O)C1=C(C)N(CC2CC2)C(=O)NC1c1ccc(Cl)c([N+](=O)[O-])c1. The molecule has 8 nitrogen and oxygen atoms in total. The number of amides is 2. The Hall–Kier alpha value is -2.61. The van der Waals surface area contributed by atoms with Crippen LogP contribution in [0.1, 0.15) is 38.3 Å². The number of ether oxygens (including phenoxy) is 1. The monoisotopic (exact) mass is 393 g/mol. The average molecular weight is 394 g/mol. The first kappa shape index (κ1) is 19.2. The molecule has 3 rings (SSSR count). The summed E-state index contributed by atoms with van der Waals surface area (Å²) in [6.07, 6.45) is 2.11. The Morgan fingerprint density at radius 2 is 2.15 bits per heavy atom. The van der Waals surface area contributed by atoms with E-state index in [1.54, 1.807) is 24.8 Å². The lowest BCUT2D eigenvalue weighted by Gasteiger charge is -2.35. The van der Waals surface area contributed by atoms with E-state index in [1.807, 2.05) is 0 Å². The van der Waals surface area contributed by atoms with Crippen molar-refractivity contribution >= 4 is 29.3 Å². The molecule has 144 valence electrons. The Labute approximate surface area is 161 Å². The zero-order valence-electron chi connectivity index (χ0n) is 15.0. The van der Waals surface area contributed by atoms with E-state index in [0.717, 1.165) is 12.8 Å². The van der Waals surface area contributed by atoms with Crippen LogP contribution in [0.3, 0.4) is 0 Å². The van der Waals surface area contributed by atoms with Crippen LogP contribution in [-0.4, -0.2) is 35.0 Å². The van der Waals surface area contributed by atoms with E-state index >= 15 is 0 Å². The van der Waals surface area contributed by atoms with Gasteiger partial charge in [-0.1, -0.05) is 17.7 Å². The van der Waals surface area contributed by atoms with Gasteiger partial charge in [-0.25, -0.2) is 9.59 Å². The van der Waals surface area contributed by atoms with Gasteiger partial charge in [-0.15, -0.1) is 0 Å². The molecule has 1 N–H and O–H groups in total. The fourth-order valence-electron chi connectivity index (χ4n) is 3.13. The first-order chi connectivity index (χ1) is 12.8. The zero-order valence-corrected chi connectivity index (χ0v) is 15.8. The molecule has 0 bridgehead atoms. The Balaban J connectivity index is 2.05. The van der Waals surface area contributed by atoms with Crippen LogP contribution in [0.4, 0.5) is 10.5 Å². The summed E-state index contributed by atoms with van der Waals surface area (Å²) < 4.78 is 5.17. The van der Waals surface area contributed by atoms with Crippen LogP contribution in [0.15, 0.2) is 29.5 Å². The molecular formula is C18H20ClN3O5. The molecule has 1 unspecified atom stereocenters. The molecule has 1 aliphatic heterocycles. The maximum atomic E-state index is 12.6. The standard InChI is InChI=1S/C18H20ClN3O5/c1-3-27-17(23)15-10(2)21(9-11-4-5-11)18(24)20-16(15)12-6-7-13(19)14(8-12)22(25)26/h6-8,11,16H,3-5,9H2,1-2H3,(H,20,24). The van der Waals surface area contributed by atoms with Crippen molar-refractivity contribution in [2.24, 2.45) is 5.92 Å². The maximum absolute atomic E-state index is 12.6. The fourth-order valence-corrected chi connectivity index (χ4v) is 3.32. The molecule has 27 heavy (non-hydrogen) atoms. The Bertz CT molecular complexity index is 834. The van der Waals surface area contributed by atoms with Gasteiger partial charge in [-0.05, 0) is 44.2 Å². The summed E-state index contributed by atoms with van der Waals surface area (Å²) in [6.45, 7) is 4.11. The molecule has 1 fully saturated rings. The highest BCUT2D eigenvalue weighted by Gasteiger charge is 2.39. The molecule has 2 aliphatic rings. The molecular weight excluding hydrogens is 374 g/mol.